The predicted molar refractivity (Wildman–Crippen MR) is 90.5 cm³/mol. The number of nitrogens with zero attached hydrogens (tertiary/aromatic N) is 4. The van der Waals surface area contributed by atoms with Gasteiger partial charge in [-0.15, -0.1) is 15.3 Å². The van der Waals surface area contributed by atoms with Gasteiger partial charge >= 0.3 is 0 Å². The molecule has 1 unspecified atom stereocenters. The Bertz CT molecular complexity index is 707. The Kier molecular flexibility index (Phi) is 4.32. The Balaban J connectivity index is 2.22. The summed E-state index contributed by atoms with van der Waals surface area (Å²) in [6, 6.07) is 3.25. The van der Waals surface area contributed by atoms with Crippen LogP contribution in [0.2, 0.25) is 0 Å². The number of aromatic nitrogens is 4. The zero-order valence-electron chi connectivity index (χ0n) is 14.9. The van der Waals surface area contributed by atoms with E-state index in [-0.39, 0.29) is 16.9 Å². The second-order valence-corrected chi connectivity index (χ2v) is 7.87. The number of carbonyl (C=O) groups is 1. The minimum absolute atomic E-state index is 0.0702. The van der Waals surface area contributed by atoms with Gasteiger partial charge in [-0.25, -0.2) is 0 Å². The van der Waals surface area contributed by atoms with E-state index in [1.807, 2.05) is 33.8 Å². The van der Waals surface area contributed by atoms with Crippen molar-refractivity contribution < 1.29 is 4.79 Å². The molecule has 0 saturated carbocycles. The van der Waals surface area contributed by atoms with Crippen molar-refractivity contribution in [3.8, 4) is 0 Å². The molecule has 2 aromatic rings. The lowest BCUT2D eigenvalue weighted by molar-refractivity contribution is -0.122. The highest BCUT2D eigenvalue weighted by atomic mass is 16.2. The summed E-state index contributed by atoms with van der Waals surface area (Å²) in [6.07, 6.45) is 0. The first kappa shape index (κ1) is 17.2. The van der Waals surface area contributed by atoms with Crippen molar-refractivity contribution in [2.75, 3.05) is 5.32 Å². The molecule has 2 heterocycles. The molecule has 0 spiro atoms. The van der Waals surface area contributed by atoms with E-state index in [1.54, 1.807) is 10.6 Å². The monoisotopic (exact) mass is 318 g/mol. The van der Waals surface area contributed by atoms with E-state index in [9.17, 15) is 4.79 Å². The van der Waals surface area contributed by atoms with Crippen LogP contribution < -0.4 is 10.6 Å². The number of nitrogens with one attached hydrogen (secondary N) is 2. The van der Waals surface area contributed by atoms with Crippen molar-refractivity contribution in [1.82, 2.24) is 25.1 Å². The maximum atomic E-state index is 12.2. The maximum Gasteiger partial charge on any atom is 0.242 e. The number of amides is 1. The highest BCUT2D eigenvalue weighted by molar-refractivity contribution is 5.84. The van der Waals surface area contributed by atoms with E-state index in [0.717, 1.165) is 5.82 Å². The third kappa shape index (κ3) is 4.18. The fraction of sp³-hybridized carbons (Fsp3) is 0.625. The fourth-order valence-electron chi connectivity index (χ4n) is 2.10. The SMILES string of the molecule is CC(Nc1ccc2nnc(C(C)(C)C)n2n1)C(=O)NC(C)(C)C. The maximum absolute atomic E-state index is 12.2. The molecule has 0 radical (unpaired) electrons. The van der Waals surface area contributed by atoms with Crippen LogP contribution in [-0.4, -0.2) is 37.3 Å². The van der Waals surface area contributed by atoms with E-state index < -0.39 is 6.04 Å². The summed E-state index contributed by atoms with van der Waals surface area (Å²) < 4.78 is 1.72. The summed E-state index contributed by atoms with van der Waals surface area (Å²) in [5, 5.41) is 18.9. The lowest BCUT2D eigenvalue weighted by atomic mass is 9.96. The van der Waals surface area contributed by atoms with Crippen LogP contribution in [0.15, 0.2) is 12.1 Å². The summed E-state index contributed by atoms with van der Waals surface area (Å²) in [7, 11) is 0. The van der Waals surface area contributed by atoms with Gasteiger partial charge in [0.05, 0.1) is 0 Å². The Labute approximate surface area is 136 Å². The standard InChI is InChI=1S/C16H26N6O/c1-10(13(23)18-16(5,6)7)17-11-8-9-12-19-20-14(15(2,3)4)22(12)21-11/h8-10H,1-7H3,(H,17,21)(H,18,23). The first-order chi connectivity index (χ1) is 10.5. The number of fused-ring (bicyclic) bond motifs is 1. The number of rotatable bonds is 3. The number of anilines is 1. The van der Waals surface area contributed by atoms with Gasteiger partial charge in [-0.3, -0.25) is 4.79 Å². The van der Waals surface area contributed by atoms with Gasteiger partial charge in [0.15, 0.2) is 11.5 Å². The van der Waals surface area contributed by atoms with E-state index in [1.165, 1.54) is 0 Å². The van der Waals surface area contributed by atoms with Gasteiger partial charge in [0.25, 0.3) is 0 Å². The minimum atomic E-state index is -0.395. The minimum Gasteiger partial charge on any atom is -0.357 e. The van der Waals surface area contributed by atoms with E-state index in [2.05, 4.69) is 46.7 Å². The molecule has 126 valence electrons. The van der Waals surface area contributed by atoms with Crippen LogP contribution in [0.1, 0.15) is 54.3 Å². The van der Waals surface area contributed by atoms with Crippen molar-refractivity contribution in [2.24, 2.45) is 0 Å². The van der Waals surface area contributed by atoms with Crippen LogP contribution in [0, 0.1) is 0 Å². The summed E-state index contributed by atoms with van der Waals surface area (Å²) >= 11 is 0. The number of hydrogen-bond acceptors (Lipinski definition) is 5. The molecule has 0 bridgehead atoms. The second kappa shape index (κ2) is 5.79. The fourth-order valence-corrected chi connectivity index (χ4v) is 2.10. The molecule has 0 aliphatic carbocycles. The average Bonchev–Trinajstić information content (AvgIpc) is 2.79. The third-order valence-corrected chi connectivity index (χ3v) is 3.19. The predicted octanol–water partition coefficient (Wildman–Crippen LogP) is 2.14. The summed E-state index contributed by atoms with van der Waals surface area (Å²) in [4.78, 5) is 12.2. The molecule has 1 amide bonds. The van der Waals surface area contributed by atoms with E-state index >= 15 is 0 Å². The molecule has 2 rings (SSSR count). The number of hydrogen-bond donors (Lipinski definition) is 2. The molecular weight excluding hydrogens is 292 g/mol. The smallest absolute Gasteiger partial charge is 0.242 e. The summed E-state index contributed by atoms with van der Waals surface area (Å²) in [5.74, 6) is 1.32. The Hall–Kier alpha value is -2.18. The van der Waals surface area contributed by atoms with Crippen LogP contribution in [0.25, 0.3) is 5.65 Å². The van der Waals surface area contributed by atoms with Crippen molar-refractivity contribution >= 4 is 17.4 Å². The van der Waals surface area contributed by atoms with Gasteiger partial charge < -0.3 is 10.6 Å². The van der Waals surface area contributed by atoms with Crippen LogP contribution in [-0.2, 0) is 10.2 Å². The molecule has 7 heteroatoms. The van der Waals surface area contributed by atoms with Crippen LogP contribution in [0.3, 0.4) is 0 Å². The van der Waals surface area contributed by atoms with Gasteiger partial charge in [-0.1, -0.05) is 20.8 Å². The Morgan fingerprint density at radius 3 is 2.35 bits per heavy atom. The summed E-state index contributed by atoms with van der Waals surface area (Å²) in [5.41, 5.74) is 0.255. The van der Waals surface area contributed by atoms with Gasteiger partial charge in [0.2, 0.25) is 5.91 Å². The zero-order valence-corrected chi connectivity index (χ0v) is 14.9. The zero-order chi connectivity index (χ0) is 17.4. The van der Waals surface area contributed by atoms with Gasteiger partial charge in [0, 0.05) is 11.0 Å². The van der Waals surface area contributed by atoms with Crippen molar-refractivity contribution in [3.05, 3.63) is 18.0 Å². The van der Waals surface area contributed by atoms with E-state index in [4.69, 9.17) is 0 Å². The molecular formula is C16H26N6O. The largest absolute Gasteiger partial charge is 0.357 e. The normalized spacial score (nSPS) is 13.9. The molecule has 0 aliphatic rings. The van der Waals surface area contributed by atoms with Gasteiger partial charge in [0.1, 0.15) is 11.9 Å². The van der Waals surface area contributed by atoms with Crippen LogP contribution in [0.5, 0.6) is 0 Å². The quantitative estimate of drug-likeness (QED) is 0.906. The van der Waals surface area contributed by atoms with Gasteiger partial charge in [-0.2, -0.15) is 4.52 Å². The van der Waals surface area contributed by atoms with Gasteiger partial charge in [-0.05, 0) is 39.8 Å². The molecule has 1 atom stereocenters. The number of carbonyl (C=O) groups excluding carboxylic acids is 1. The van der Waals surface area contributed by atoms with E-state index in [0.29, 0.717) is 11.5 Å². The first-order valence-electron chi connectivity index (χ1n) is 7.79. The lowest BCUT2D eigenvalue weighted by Crippen LogP contribution is -2.47. The molecule has 2 aromatic heterocycles. The topological polar surface area (TPSA) is 84.2 Å². The third-order valence-electron chi connectivity index (χ3n) is 3.19. The summed E-state index contributed by atoms with van der Waals surface area (Å²) in [6.45, 7) is 13.8. The Morgan fingerprint density at radius 1 is 1.13 bits per heavy atom. The molecule has 0 fully saturated rings. The highest BCUT2D eigenvalue weighted by Gasteiger charge is 2.23. The molecule has 0 saturated heterocycles. The first-order valence-corrected chi connectivity index (χ1v) is 7.79. The van der Waals surface area contributed by atoms with Crippen molar-refractivity contribution in [3.63, 3.8) is 0 Å². The lowest BCUT2D eigenvalue weighted by Gasteiger charge is -2.24. The van der Waals surface area contributed by atoms with Crippen molar-refractivity contribution in [1.29, 1.82) is 0 Å². The average molecular weight is 318 g/mol. The Morgan fingerprint density at radius 2 is 1.78 bits per heavy atom. The van der Waals surface area contributed by atoms with Crippen molar-refractivity contribution in [2.45, 2.75) is 65.5 Å². The molecule has 23 heavy (non-hydrogen) atoms. The molecule has 2 N–H and O–H groups in total. The molecule has 0 aromatic carbocycles. The highest BCUT2D eigenvalue weighted by Crippen LogP contribution is 2.20. The molecule has 0 aliphatic heterocycles. The second-order valence-electron chi connectivity index (χ2n) is 7.87. The van der Waals surface area contributed by atoms with Crippen LogP contribution in [0.4, 0.5) is 5.82 Å². The van der Waals surface area contributed by atoms with Crippen LogP contribution >= 0.6 is 0 Å². The molecule has 7 nitrogen and oxygen atoms in total.